The highest BCUT2D eigenvalue weighted by Crippen LogP contribution is 1.92. The van der Waals surface area contributed by atoms with Crippen LogP contribution in [0, 0.1) is 0 Å². The van der Waals surface area contributed by atoms with Gasteiger partial charge in [0.15, 0.2) is 0 Å². The molecule has 0 bridgehead atoms. The third-order valence-electron chi connectivity index (χ3n) is 0.322. The van der Waals surface area contributed by atoms with E-state index in [1.807, 2.05) is 0 Å². The van der Waals surface area contributed by atoms with Crippen molar-refractivity contribution in [1.82, 2.24) is 0 Å². The molecule has 0 radical (unpaired) electrons. The van der Waals surface area contributed by atoms with E-state index >= 15 is 0 Å². The Labute approximate surface area is 45.4 Å². The fourth-order valence-corrected chi connectivity index (χ4v) is 0.132. The molecular weight excluding hydrogens is 115 g/mol. The third-order valence-corrected chi connectivity index (χ3v) is 0.322. The van der Waals surface area contributed by atoms with E-state index in [1.54, 1.807) is 0 Å². The number of carbonyl (C=O) groups is 1. The van der Waals surface area contributed by atoms with E-state index in [0.29, 0.717) is 6.26 Å². The highest BCUT2D eigenvalue weighted by Gasteiger charge is 1.90. The van der Waals surface area contributed by atoms with Crippen LogP contribution in [0.15, 0.2) is 12.1 Å². The summed E-state index contributed by atoms with van der Waals surface area (Å²) in [5, 5.41) is 7.73. The van der Waals surface area contributed by atoms with Gasteiger partial charge in [-0.1, -0.05) is 0 Å². The van der Waals surface area contributed by atoms with Gasteiger partial charge in [0, 0.05) is 0 Å². The maximum absolute atomic E-state index is 11.5. The summed E-state index contributed by atoms with van der Waals surface area (Å²) in [6, 6.07) is 0. The van der Waals surface area contributed by atoms with Crippen LogP contribution in [-0.2, 0) is 4.74 Å². The number of rotatable bonds is 1. The Morgan fingerprint density at radius 1 is 1.88 bits per heavy atom. The Morgan fingerprint density at radius 2 is 2.38 bits per heavy atom. The van der Waals surface area contributed by atoms with Crippen LogP contribution in [0.4, 0.5) is 9.18 Å². The normalized spacial score (nSPS) is 11.0. The summed E-state index contributed by atoms with van der Waals surface area (Å²) in [4.78, 5) is 9.47. The molecule has 0 aromatic carbocycles. The first kappa shape index (κ1) is 6.94. The first-order chi connectivity index (χ1) is 3.63. The number of hydrogen-bond donors (Lipinski definition) is 1. The van der Waals surface area contributed by atoms with Crippen molar-refractivity contribution in [2.24, 2.45) is 0 Å². The minimum Gasteiger partial charge on any atom is -0.449 e. The van der Waals surface area contributed by atoms with Crippen LogP contribution in [0.5, 0.6) is 0 Å². The predicted molar refractivity (Wildman–Crippen MR) is 24.0 cm³/mol. The molecule has 4 heteroatoms. The number of hydrogen-bond acceptors (Lipinski definition) is 2. The summed E-state index contributed by atoms with van der Waals surface area (Å²) in [5.74, 6) is -0.674. The fraction of sp³-hybridized carbons (Fsp3) is 0.250. The van der Waals surface area contributed by atoms with Crippen molar-refractivity contribution < 1.29 is 19.0 Å². The van der Waals surface area contributed by atoms with Gasteiger partial charge < -0.3 is 9.84 Å². The van der Waals surface area contributed by atoms with E-state index in [-0.39, 0.29) is 0 Å². The van der Waals surface area contributed by atoms with Gasteiger partial charge in [-0.25, -0.2) is 9.18 Å². The fourth-order valence-electron chi connectivity index (χ4n) is 0.132. The lowest BCUT2D eigenvalue weighted by atomic mass is 10.7. The van der Waals surface area contributed by atoms with Gasteiger partial charge in [0.2, 0.25) is 0 Å². The summed E-state index contributed by atoms with van der Waals surface area (Å²) in [5.41, 5.74) is 0. The van der Waals surface area contributed by atoms with E-state index in [4.69, 9.17) is 5.11 Å². The lowest BCUT2D eigenvalue weighted by molar-refractivity contribution is 0.126. The van der Waals surface area contributed by atoms with Crippen molar-refractivity contribution in [3.63, 3.8) is 0 Å². The van der Waals surface area contributed by atoms with Gasteiger partial charge in [0.25, 0.3) is 0 Å². The highest BCUT2D eigenvalue weighted by atomic mass is 19.1. The molecule has 0 atom stereocenters. The van der Waals surface area contributed by atoms with Gasteiger partial charge in [-0.15, -0.1) is 0 Å². The molecule has 0 aliphatic heterocycles. The molecule has 0 aromatic heterocycles. The van der Waals surface area contributed by atoms with Crippen LogP contribution < -0.4 is 0 Å². The first-order valence-corrected chi connectivity index (χ1v) is 1.85. The van der Waals surface area contributed by atoms with Gasteiger partial charge >= 0.3 is 6.16 Å². The van der Waals surface area contributed by atoms with Gasteiger partial charge in [0.1, 0.15) is 12.1 Å². The third kappa shape index (κ3) is 4.94. The predicted octanol–water partition coefficient (Wildman–Crippen LogP) is 1.51. The Morgan fingerprint density at radius 3 is 2.50 bits per heavy atom. The van der Waals surface area contributed by atoms with E-state index in [1.165, 1.54) is 0 Å². The van der Waals surface area contributed by atoms with Gasteiger partial charge in [-0.05, 0) is 6.92 Å². The van der Waals surface area contributed by atoms with Crippen molar-refractivity contribution >= 4 is 6.16 Å². The van der Waals surface area contributed by atoms with Crippen LogP contribution in [0.1, 0.15) is 6.92 Å². The monoisotopic (exact) mass is 120 g/mol. The molecule has 46 valence electrons. The standard InChI is InChI=1S/C4H5FO3/c1-3(5)2-8-4(6)7/h2H,1H3,(H,6,7). The second-order valence-corrected chi connectivity index (χ2v) is 1.09. The second kappa shape index (κ2) is 3.01. The first-order valence-electron chi connectivity index (χ1n) is 1.85. The average Bonchev–Trinajstić information content (AvgIpc) is 1.61. The van der Waals surface area contributed by atoms with Crippen molar-refractivity contribution in [1.29, 1.82) is 0 Å². The molecule has 0 heterocycles. The van der Waals surface area contributed by atoms with Crippen molar-refractivity contribution in [2.75, 3.05) is 0 Å². The zero-order chi connectivity index (χ0) is 6.57. The van der Waals surface area contributed by atoms with Crippen LogP contribution in [0.2, 0.25) is 0 Å². The van der Waals surface area contributed by atoms with Crippen molar-refractivity contribution in [3.05, 3.63) is 12.1 Å². The summed E-state index contributed by atoms with van der Waals surface area (Å²) < 4.78 is 15.2. The topological polar surface area (TPSA) is 46.5 Å². The zero-order valence-electron chi connectivity index (χ0n) is 4.22. The summed E-state index contributed by atoms with van der Waals surface area (Å²) in [6.07, 6.45) is -0.996. The Hall–Kier alpha value is -1.06. The molecule has 0 unspecified atom stereocenters. The molecule has 0 saturated heterocycles. The number of halogens is 1. The zero-order valence-corrected chi connectivity index (χ0v) is 4.22. The van der Waals surface area contributed by atoms with Gasteiger partial charge in [-0.3, -0.25) is 0 Å². The van der Waals surface area contributed by atoms with Crippen LogP contribution in [0.25, 0.3) is 0 Å². The number of allylic oxidation sites excluding steroid dienone is 1. The van der Waals surface area contributed by atoms with Crippen LogP contribution in [-0.4, -0.2) is 11.3 Å². The summed E-state index contributed by atoms with van der Waals surface area (Å²) >= 11 is 0. The Bertz CT molecular complexity index is 114. The van der Waals surface area contributed by atoms with Gasteiger partial charge in [-0.2, -0.15) is 0 Å². The highest BCUT2D eigenvalue weighted by molar-refractivity contribution is 5.57. The number of ether oxygens (including phenoxy) is 1. The van der Waals surface area contributed by atoms with Gasteiger partial charge in [0.05, 0.1) is 0 Å². The molecule has 1 N–H and O–H groups in total. The van der Waals surface area contributed by atoms with E-state index in [2.05, 4.69) is 4.74 Å². The van der Waals surface area contributed by atoms with Crippen molar-refractivity contribution in [2.45, 2.75) is 6.92 Å². The second-order valence-electron chi connectivity index (χ2n) is 1.09. The largest absolute Gasteiger partial charge is 0.510 e. The minimum atomic E-state index is -1.51. The molecule has 0 aliphatic rings. The Kier molecular flexibility index (Phi) is 2.61. The van der Waals surface area contributed by atoms with E-state index in [9.17, 15) is 9.18 Å². The molecule has 0 aliphatic carbocycles. The molecule has 0 aromatic rings. The molecule has 0 amide bonds. The van der Waals surface area contributed by atoms with E-state index < -0.39 is 12.0 Å². The lowest BCUT2D eigenvalue weighted by Gasteiger charge is -1.86. The molecule has 8 heavy (non-hydrogen) atoms. The average molecular weight is 120 g/mol. The maximum atomic E-state index is 11.5. The van der Waals surface area contributed by atoms with Crippen LogP contribution in [0.3, 0.4) is 0 Å². The summed E-state index contributed by atoms with van der Waals surface area (Å²) in [6.45, 7) is 1.09. The molecular formula is C4H5FO3. The maximum Gasteiger partial charge on any atom is 0.510 e. The Balaban J connectivity index is 3.45. The number of carboxylic acid groups (broad SMARTS) is 1. The van der Waals surface area contributed by atoms with Crippen molar-refractivity contribution in [3.8, 4) is 0 Å². The molecule has 0 fully saturated rings. The SMILES string of the molecule is CC(F)=COC(=O)O. The smallest absolute Gasteiger partial charge is 0.449 e. The lowest BCUT2D eigenvalue weighted by Crippen LogP contribution is -1.91. The quantitative estimate of drug-likeness (QED) is 0.421. The molecule has 3 nitrogen and oxygen atoms in total. The summed E-state index contributed by atoms with van der Waals surface area (Å²) in [7, 11) is 0. The molecule has 0 saturated carbocycles. The molecule has 0 rings (SSSR count). The molecule has 0 spiro atoms. The van der Waals surface area contributed by atoms with E-state index in [0.717, 1.165) is 6.92 Å². The minimum absolute atomic E-state index is 0.516. The van der Waals surface area contributed by atoms with Crippen LogP contribution >= 0.6 is 0 Å².